The van der Waals surface area contributed by atoms with Crippen LogP contribution in [0.1, 0.15) is 44.9 Å². The lowest BCUT2D eigenvalue weighted by Crippen LogP contribution is -2.56. The number of ether oxygens (including phenoxy) is 1. The van der Waals surface area contributed by atoms with Gasteiger partial charge >= 0.3 is 6.09 Å². The predicted molar refractivity (Wildman–Crippen MR) is 74.1 cm³/mol. The largest absolute Gasteiger partial charge is 0.453 e. The van der Waals surface area contributed by atoms with Gasteiger partial charge in [0.05, 0.1) is 7.11 Å². The Balaban J connectivity index is 1.74. The number of amides is 1. The number of nitrogens with zero attached hydrogens (tertiary/aromatic N) is 2. The van der Waals surface area contributed by atoms with Gasteiger partial charge in [-0.25, -0.2) is 4.79 Å². The summed E-state index contributed by atoms with van der Waals surface area (Å²) < 4.78 is 4.97. The SMILES string of the molecule is COC(=O)N1CCC[C@@H]2[C@H]1CCC[C@@H]2N1CCCC1. The molecule has 1 aliphatic carbocycles. The molecule has 0 unspecified atom stereocenters. The third kappa shape index (κ3) is 2.47. The minimum absolute atomic E-state index is 0.114. The first-order valence-electron chi connectivity index (χ1n) is 7.90. The van der Waals surface area contributed by atoms with E-state index >= 15 is 0 Å². The van der Waals surface area contributed by atoms with Crippen LogP contribution in [-0.2, 0) is 4.74 Å². The van der Waals surface area contributed by atoms with Crippen LogP contribution < -0.4 is 0 Å². The van der Waals surface area contributed by atoms with E-state index < -0.39 is 0 Å². The summed E-state index contributed by atoms with van der Waals surface area (Å²) in [6.45, 7) is 3.43. The Morgan fingerprint density at radius 1 is 0.947 bits per heavy atom. The maximum atomic E-state index is 11.9. The third-order valence-corrected chi connectivity index (χ3v) is 5.34. The zero-order chi connectivity index (χ0) is 13.2. The quantitative estimate of drug-likeness (QED) is 0.731. The fourth-order valence-electron chi connectivity index (χ4n) is 4.53. The van der Waals surface area contributed by atoms with E-state index in [0.29, 0.717) is 18.0 Å². The average Bonchev–Trinajstić information content (AvgIpc) is 2.99. The van der Waals surface area contributed by atoms with Crippen molar-refractivity contribution >= 4 is 6.09 Å². The van der Waals surface area contributed by atoms with E-state index in [-0.39, 0.29) is 6.09 Å². The van der Waals surface area contributed by atoms with E-state index in [4.69, 9.17) is 4.74 Å². The van der Waals surface area contributed by atoms with Crippen molar-refractivity contribution in [2.24, 2.45) is 5.92 Å². The summed E-state index contributed by atoms with van der Waals surface area (Å²) in [6.07, 6.45) is 8.79. The third-order valence-electron chi connectivity index (χ3n) is 5.34. The van der Waals surface area contributed by atoms with E-state index in [9.17, 15) is 4.79 Å². The highest BCUT2D eigenvalue weighted by atomic mass is 16.5. The first kappa shape index (κ1) is 13.2. The second kappa shape index (κ2) is 5.70. The molecule has 1 amide bonds. The molecule has 0 N–H and O–H groups in total. The molecule has 3 rings (SSSR count). The minimum Gasteiger partial charge on any atom is -0.453 e. The molecule has 0 spiro atoms. The number of carbonyl (C=O) groups is 1. The molecule has 2 heterocycles. The molecule has 3 aliphatic rings. The number of fused-ring (bicyclic) bond motifs is 1. The molecule has 4 nitrogen and oxygen atoms in total. The van der Waals surface area contributed by atoms with Gasteiger partial charge in [-0.2, -0.15) is 0 Å². The summed E-state index contributed by atoms with van der Waals surface area (Å²) in [4.78, 5) is 16.6. The maximum absolute atomic E-state index is 11.9. The Hall–Kier alpha value is -0.770. The van der Waals surface area contributed by atoms with Gasteiger partial charge in [0.2, 0.25) is 0 Å². The Morgan fingerprint density at radius 3 is 2.42 bits per heavy atom. The molecular weight excluding hydrogens is 240 g/mol. The molecule has 2 aliphatic heterocycles. The molecular formula is C15H26N2O2. The van der Waals surface area contributed by atoms with Gasteiger partial charge in [-0.3, -0.25) is 0 Å². The number of hydrogen-bond acceptors (Lipinski definition) is 3. The predicted octanol–water partition coefficient (Wildman–Crippen LogP) is 2.48. The summed E-state index contributed by atoms with van der Waals surface area (Å²) in [5, 5.41) is 0. The lowest BCUT2D eigenvalue weighted by atomic mass is 9.74. The normalized spacial score (nSPS) is 36.1. The summed E-state index contributed by atoms with van der Waals surface area (Å²) in [5.74, 6) is 0.680. The van der Waals surface area contributed by atoms with Crippen LogP contribution in [0.3, 0.4) is 0 Å². The van der Waals surface area contributed by atoms with Gasteiger partial charge in [-0.1, -0.05) is 0 Å². The zero-order valence-corrected chi connectivity index (χ0v) is 12.0. The van der Waals surface area contributed by atoms with Crippen LogP contribution in [0.25, 0.3) is 0 Å². The maximum Gasteiger partial charge on any atom is 0.409 e. The number of carbonyl (C=O) groups excluding carboxylic acids is 1. The average molecular weight is 266 g/mol. The summed E-state index contributed by atoms with van der Waals surface area (Å²) in [6, 6.07) is 1.15. The molecule has 0 radical (unpaired) electrons. The van der Waals surface area contributed by atoms with Crippen molar-refractivity contribution in [3.05, 3.63) is 0 Å². The fraction of sp³-hybridized carbons (Fsp3) is 0.933. The molecule has 0 aromatic rings. The van der Waals surface area contributed by atoms with E-state index in [2.05, 4.69) is 4.90 Å². The van der Waals surface area contributed by atoms with Crippen molar-refractivity contribution in [3.8, 4) is 0 Å². The van der Waals surface area contributed by atoms with Crippen LogP contribution >= 0.6 is 0 Å². The molecule has 3 atom stereocenters. The molecule has 19 heavy (non-hydrogen) atoms. The van der Waals surface area contributed by atoms with Gasteiger partial charge in [0.15, 0.2) is 0 Å². The highest BCUT2D eigenvalue weighted by Gasteiger charge is 2.43. The lowest BCUT2D eigenvalue weighted by molar-refractivity contribution is 0.00465. The van der Waals surface area contributed by atoms with E-state index in [0.717, 1.165) is 13.0 Å². The Labute approximate surface area is 116 Å². The van der Waals surface area contributed by atoms with Crippen LogP contribution in [0, 0.1) is 5.92 Å². The molecule has 0 bridgehead atoms. The van der Waals surface area contributed by atoms with E-state index in [1.807, 2.05) is 4.90 Å². The van der Waals surface area contributed by atoms with Gasteiger partial charge < -0.3 is 14.5 Å². The zero-order valence-electron chi connectivity index (χ0n) is 12.0. The molecule has 1 saturated carbocycles. The first-order chi connectivity index (χ1) is 9.31. The topological polar surface area (TPSA) is 32.8 Å². The minimum atomic E-state index is -0.114. The molecule has 3 fully saturated rings. The second-order valence-corrected chi connectivity index (χ2v) is 6.28. The molecule has 2 saturated heterocycles. The molecule has 4 heteroatoms. The Kier molecular flexibility index (Phi) is 3.96. The summed E-state index contributed by atoms with van der Waals surface area (Å²) in [7, 11) is 1.51. The van der Waals surface area contributed by atoms with E-state index in [1.165, 1.54) is 58.7 Å². The monoisotopic (exact) mass is 266 g/mol. The number of rotatable bonds is 1. The first-order valence-corrected chi connectivity index (χ1v) is 7.90. The van der Waals surface area contributed by atoms with E-state index in [1.54, 1.807) is 0 Å². The number of likely N-dealkylation sites (tertiary alicyclic amines) is 2. The molecule has 108 valence electrons. The Bertz CT molecular complexity index is 328. The smallest absolute Gasteiger partial charge is 0.409 e. The van der Waals surface area contributed by atoms with Gasteiger partial charge in [-0.15, -0.1) is 0 Å². The van der Waals surface area contributed by atoms with Crippen molar-refractivity contribution in [3.63, 3.8) is 0 Å². The van der Waals surface area contributed by atoms with Crippen LogP contribution in [0.5, 0.6) is 0 Å². The lowest BCUT2D eigenvalue weighted by Gasteiger charge is -2.49. The van der Waals surface area contributed by atoms with Crippen LogP contribution in [0.15, 0.2) is 0 Å². The van der Waals surface area contributed by atoms with Crippen molar-refractivity contribution in [2.75, 3.05) is 26.7 Å². The van der Waals surface area contributed by atoms with Gasteiger partial charge in [0.25, 0.3) is 0 Å². The van der Waals surface area contributed by atoms with Crippen molar-refractivity contribution in [1.82, 2.24) is 9.80 Å². The standard InChI is InChI=1S/C15H26N2O2/c1-19-15(18)17-11-5-6-12-13(7-4-8-14(12)17)16-9-2-3-10-16/h12-14H,2-11H2,1H3/t12-,13-,14+/m0/s1. The van der Waals surface area contributed by atoms with Gasteiger partial charge in [-0.05, 0) is 64.0 Å². The number of methoxy groups -OCH3 is 1. The molecule has 0 aromatic carbocycles. The number of hydrogen-bond donors (Lipinski definition) is 0. The van der Waals surface area contributed by atoms with Crippen molar-refractivity contribution < 1.29 is 9.53 Å². The summed E-state index contributed by atoms with van der Waals surface area (Å²) in [5.41, 5.74) is 0. The van der Waals surface area contributed by atoms with Crippen molar-refractivity contribution in [1.29, 1.82) is 0 Å². The number of piperidine rings is 1. The van der Waals surface area contributed by atoms with Crippen LogP contribution in [0.2, 0.25) is 0 Å². The highest BCUT2D eigenvalue weighted by molar-refractivity contribution is 5.68. The fourth-order valence-corrected chi connectivity index (χ4v) is 4.53. The van der Waals surface area contributed by atoms with Crippen LogP contribution in [-0.4, -0.2) is 54.7 Å². The molecule has 0 aromatic heterocycles. The van der Waals surface area contributed by atoms with Gasteiger partial charge in [0.1, 0.15) is 0 Å². The highest BCUT2D eigenvalue weighted by Crippen LogP contribution is 2.39. The summed E-state index contributed by atoms with van der Waals surface area (Å²) >= 11 is 0. The van der Waals surface area contributed by atoms with Crippen molar-refractivity contribution in [2.45, 2.75) is 57.0 Å². The van der Waals surface area contributed by atoms with Gasteiger partial charge in [0, 0.05) is 18.6 Å². The van der Waals surface area contributed by atoms with Crippen LogP contribution in [0.4, 0.5) is 4.79 Å². The Morgan fingerprint density at radius 2 is 1.68 bits per heavy atom. The second-order valence-electron chi connectivity index (χ2n) is 6.28.